The van der Waals surface area contributed by atoms with Gasteiger partial charge in [-0.25, -0.2) is 0 Å². The van der Waals surface area contributed by atoms with E-state index in [1.165, 1.54) is 44.9 Å². The maximum Gasteiger partial charge on any atom is 0.237 e. The number of hydrogen-bond donors (Lipinski definition) is 3. The second-order valence-electron chi connectivity index (χ2n) is 10.7. The minimum Gasteiger partial charge on any atom is -0.390 e. The average Bonchev–Trinajstić information content (AvgIpc) is 2.83. The number of carbonyl (C=O) groups excluding carboxylic acids is 1. The van der Waals surface area contributed by atoms with Gasteiger partial charge in [-0.2, -0.15) is 0 Å². The Morgan fingerprint density at radius 3 is 2.45 bits per heavy atom. The summed E-state index contributed by atoms with van der Waals surface area (Å²) >= 11 is 6.00. The Hall–Kier alpha value is -1.14. The lowest BCUT2D eigenvalue weighted by Gasteiger charge is -2.46. The maximum atomic E-state index is 13.4. The molecule has 0 unspecified atom stereocenters. The quantitative estimate of drug-likeness (QED) is 0.510. The van der Waals surface area contributed by atoms with Gasteiger partial charge >= 0.3 is 0 Å². The van der Waals surface area contributed by atoms with Gasteiger partial charge in [0.1, 0.15) is 0 Å². The topological polar surface area (TPSA) is 64.6 Å². The molecule has 3 aliphatic rings. The van der Waals surface area contributed by atoms with Crippen LogP contribution in [-0.4, -0.2) is 53.7 Å². The second-order valence-corrected chi connectivity index (χ2v) is 11.1. The third-order valence-electron chi connectivity index (χ3n) is 8.23. The lowest BCUT2D eigenvalue weighted by atomic mass is 9.72. The third-order valence-corrected chi connectivity index (χ3v) is 8.48. The van der Waals surface area contributed by atoms with Gasteiger partial charge in [-0.1, -0.05) is 62.3 Å². The van der Waals surface area contributed by atoms with Crippen LogP contribution in [0.3, 0.4) is 0 Å². The molecule has 1 aromatic carbocycles. The molecule has 5 atom stereocenters. The zero-order valence-electron chi connectivity index (χ0n) is 20.1. The summed E-state index contributed by atoms with van der Waals surface area (Å²) in [5.74, 6) is 1.53. The fourth-order valence-corrected chi connectivity index (χ4v) is 6.36. The Kier molecular flexibility index (Phi) is 9.09. The first-order chi connectivity index (χ1) is 16.0. The Labute approximate surface area is 204 Å². The van der Waals surface area contributed by atoms with E-state index in [4.69, 9.17) is 11.6 Å². The number of amides is 1. The molecule has 6 heteroatoms. The molecule has 1 aliphatic heterocycles. The molecule has 0 aromatic heterocycles. The predicted molar refractivity (Wildman–Crippen MR) is 134 cm³/mol. The summed E-state index contributed by atoms with van der Waals surface area (Å²) in [6, 6.07) is 8.20. The molecule has 5 nitrogen and oxygen atoms in total. The summed E-state index contributed by atoms with van der Waals surface area (Å²) in [7, 11) is 0. The van der Waals surface area contributed by atoms with E-state index in [0.717, 1.165) is 36.4 Å². The van der Waals surface area contributed by atoms with Crippen LogP contribution in [0.1, 0.15) is 82.7 Å². The van der Waals surface area contributed by atoms with Gasteiger partial charge in [-0.15, -0.1) is 0 Å². The molecule has 1 saturated heterocycles. The molecule has 1 aromatic rings. The Morgan fingerprint density at radius 1 is 1.06 bits per heavy atom. The summed E-state index contributed by atoms with van der Waals surface area (Å²) in [6.45, 7) is 4.10. The SMILES string of the molecule is C[C@H](NC[C@@H](O)CN1C[C@H]2CCCC[C@H]2C[C@H]1C(=O)NC1CCCCC1)c1ccc(Cl)cc1. The highest BCUT2D eigenvalue weighted by atomic mass is 35.5. The van der Waals surface area contributed by atoms with Crippen molar-refractivity contribution in [2.75, 3.05) is 19.6 Å². The number of fused-ring (bicyclic) bond motifs is 1. The first kappa shape index (κ1) is 25.0. The normalized spacial score (nSPS) is 28.6. The zero-order valence-corrected chi connectivity index (χ0v) is 20.9. The second kappa shape index (κ2) is 12.0. The van der Waals surface area contributed by atoms with E-state index in [1.54, 1.807) is 0 Å². The van der Waals surface area contributed by atoms with Crippen molar-refractivity contribution in [2.24, 2.45) is 11.8 Å². The van der Waals surface area contributed by atoms with E-state index in [2.05, 4.69) is 22.5 Å². The van der Waals surface area contributed by atoms with Crippen molar-refractivity contribution < 1.29 is 9.90 Å². The van der Waals surface area contributed by atoms with E-state index in [1.807, 2.05) is 24.3 Å². The number of rotatable bonds is 8. The largest absolute Gasteiger partial charge is 0.390 e. The Balaban J connectivity index is 1.34. The highest BCUT2D eigenvalue weighted by Crippen LogP contribution is 2.38. The summed E-state index contributed by atoms with van der Waals surface area (Å²) in [6.07, 6.45) is 11.5. The first-order valence-electron chi connectivity index (χ1n) is 13.2. The number of aliphatic hydroxyl groups is 1. The van der Waals surface area contributed by atoms with E-state index in [0.29, 0.717) is 31.0 Å². The van der Waals surface area contributed by atoms with Crippen LogP contribution >= 0.6 is 11.6 Å². The summed E-state index contributed by atoms with van der Waals surface area (Å²) in [4.78, 5) is 15.6. The molecule has 2 aliphatic carbocycles. The van der Waals surface area contributed by atoms with Crippen molar-refractivity contribution in [2.45, 2.75) is 95.4 Å². The van der Waals surface area contributed by atoms with E-state index >= 15 is 0 Å². The number of nitrogens with zero attached hydrogens (tertiary/aromatic N) is 1. The Bertz CT molecular complexity index is 752. The van der Waals surface area contributed by atoms with Gasteiger partial charge < -0.3 is 15.7 Å². The fourth-order valence-electron chi connectivity index (χ4n) is 6.24. The van der Waals surface area contributed by atoms with Crippen LogP contribution in [0.15, 0.2) is 24.3 Å². The van der Waals surface area contributed by atoms with Crippen molar-refractivity contribution in [1.82, 2.24) is 15.5 Å². The number of β-amino-alcohol motifs (C(OH)–C–C–N with tert-alkyl or cyclic N) is 1. The van der Waals surface area contributed by atoms with Crippen LogP contribution in [-0.2, 0) is 4.79 Å². The highest BCUT2D eigenvalue weighted by Gasteiger charge is 2.40. The Morgan fingerprint density at radius 2 is 1.73 bits per heavy atom. The van der Waals surface area contributed by atoms with Gasteiger partial charge in [0, 0.05) is 36.7 Å². The van der Waals surface area contributed by atoms with Gasteiger partial charge in [0.05, 0.1) is 12.1 Å². The third kappa shape index (κ3) is 6.94. The van der Waals surface area contributed by atoms with Gasteiger partial charge in [-0.3, -0.25) is 9.69 Å². The molecule has 2 saturated carbocycles. The van der Waals surface area contributed by atoms with Crippen LogP contribution < -0.4 is 10.6 Å². The van der Waals surface area contributed by atoms with Crippen LogP contribution in [0, 0.1) is 11.8 Å². The van der Waals surface area contributed by atoms with Crippen molar-refractivity contribution >= 4 is 17.5 Å². The van der Waals surface area contributed by atoms with Crippen molar-refractivity contribution in [3.63, 3.8) is 0 Å². The number of piperidine rings is 1. The summed E-state index contributed by atoms with van der Waals surface area (Å²) < 4.78 is 0. The number of nitrogens with one attached hydrogen (secondary N) is 2. The molecule has 33 heavy (non-hydrogen) atoms. The number of hydrogen-bond acceptors (Lipinski definition) is 4. The fraction of sp³-hybridized carbons (Fsp3) is 0.741. The molecular formula is C27H42ClN3O2. The molecular weight excluding hydrogens is 434 g/mol. The highest BCUT2D eigenvalue weighted by molar-refractivity contribution is 6.30. The van der Waals surface area contributed by atoms with Crippen molar-refractivity contribution in [3.8, 4) is 0 Å². The molecule has 0 bridgehead atoms. The monoisotopic (exact) mass is 475 g/mol. The van der Waals surface area contributed by atoms with Crippen LogP contribution in [0.4, 0.5) is 0 Å². The predicted octanol–water partition coefficient (Wildman–Crippen LogP) is 4.68. The molecule has 3 fully saturated rings. The van der Waals surface area contributed by atoms with Gasteiger partial charge in [0.2, 0.25) is 5.91 Å². The van der Waals surface area contributed by atoms with Gasteiger partial charge in [0.15, 0.2) is 0 Å². The molecule has 1 amide bonds. The average molecular weight is 476 g/mol. The molecule has 3 N–H and O–H groups in total. The smallest absolute Gasteiger partial charge is 0.237 e. The lowest BCUT2D eigenvalue weighted by molar-refractivity contribution is -0.131. The number of aliphatic hydroxyl groups excluding tert-OH is 1. The maximum absolute atomic E-state index is 13.4. The molecule has 4 rings (SSSR count). The van der Waals surface area contributed by atoms with Gasteiger partial charge in [-0.05, 0) is 62.1 Å². The summed E-state index contributed by atoms with van der Waals surface area (Å²) in [5, 5.41) is 18.5. The van der Waals surface area contributed by atoms with Crippen LogP contribution in [0.25, 0.3) is 0 Å². The van der Waals surface area contributed by atoms with E-state index in [9.17, 15) is 9.90 Å². The molecule has 1 heterocycles. The minimum absolute atomic E-state index is 0.102. The number of halogens is 1. The van der Waals surface area contributed by atoms with Crippen molar-refractivity contribution in [1.29, 1.82) is 0 Å². The van der Waals surface area contributed by atoms with E-state index < -0.39 is 6.10 Å². The molecule has 0 radical (unpaired) electrons. The standard InChI is InChI=1S/C27H42ClN3O2/c1-19(20-11-13-23(28)14-12-20)29-16-25(32)18-31-17-22-8-6-5-7-21(22)15-26(31)27(33)30-24-9-3-2-4-10-24/h11-14,19,21-22,24-26,29,32H,2-10,15-18H2,1H3,(H,30,33)/t19-,21-,22+,25+,26-/m0/s1. The zero-order chi connectivity index (χ0) is 23.2. The van der Waals surface area contributed by atoms with Gasteiger partial charge in [0.25, 0.3) is 0 Å². The first-order valence-corrected chi connectivity index (χ1v) is 13.6. The number of benzene rings is 1. The van der Waals surface area contributed by atoms with E-state index in [-0.39, 0.29) is 18.0 Å². The molecule has 0 spiro atoms. The minimum atomic E-state index is -0.509. The van der Waals surface area contributed by atoms with Crippen LogP contribution in [0.2, 0.25) is 5.02 Å². The van der Waals surface area contributed by atoms with Crippen LogP contribution in [0.5, 0.6) is 0 Å². The number of carbonyl (C=O) groups is 1. The lowest BCUT2D eigenvalue weighted by Crippen LogP contribution is -2.58. The van der Waals surface area contributed by atoms with Crippen molar-refractivity contribution in [3.05, 3.63) is 34.9 Å². The number of likely N-dealkylation sites (tertiary alicyclic amines) is 1. The molecule has 184 valence electrons. The summed E-state index contributed by atoms with van der Waals surface area (Å²) in [5.41, 5.74) is 1.15.